The van der Waals surface area contributed by atoms with Gasteiger partial charge >= 0.3 is 0 Å². The SMILES string of the molecule is c1ccc(-c2ccc(-c3ccc(C4=NC(c5ccc6ccc(-c7cccc8oc9ccccc9c78)cc6c5)=NC(c5ccccc5)N4)cc3)cc2)cc1. The van der Waals surface area contributed by atoms with Crippen LogP contribution in [-0.2, 0) is 0 Å². The Labute approximate surface area is 307 Å². The van der Waals surface area contributed by atoms with Gasteiger partial charge in [0.25, 0.3) is 0 Å². The molecule has 4 heteroatoms. The molecule has 250 valence electrons. The first-order valence-corrected chi connectivity index (χ1v) is 17.9. The standard InChI is InChI=1S/C49H33N3O/c1-3-10-32(11-4-1)33-18-20-34(21-19-33)35-22-26-38(27-23-35)48-50-47(37-12-5-2-6-13-37)51-49(52-48)40-29-25-36-24-28-39(30-41(36)31-40)42-15-9-17-45-46(42)43-14-7-8-16-44(43)53-45/h1-31,47H,(H,50,51,52). The van der Waals surface area contributed by atoms with Crippen molar-refractivity contribution < 1.29 is 4.42 Å². The van der Waals surface area contributed by atoms with Crippen LogP contribution in [0.15, 0.2) is 202 Å². The molecule has 1 unspecified atom stereocenters. The van der Waals surface area contributed by atoms with Gasteiger partial charge in [0.05, 0.1) is 0 Å². The van der Waals surface area contributed by atoms with Crippen LogP contribution in [0.4, 0.5) is 0 Å². The van der Waals surface area contributed by atoms with Crippen LogP contribution < -0.4 is 5.32 Å². The van der Waals surface area contributed by atoms with Gasteiger partial charge in [-0.05, 0) is 74.0 Å². The van der Waals surface area contributed by atoms with E-state index in [9.17, 15) is 0 Å². The molecule has 1 aliphatic rings. The van der Waals surface area contributed by atoms with Gasteiger partial charge in [0.2, 0.25) is 0 Å². The number of nitrogens with zero attached hydrogens (tertiary/aromatic N) is 2. The lowest BCUT2D eigenvalue weighted by atomic mass is 9.96. The van der Waals surface area contributed by atoms with E-state index in [1.165, 1.54) is 16.7 Å². The van der Waals surface area contributed by atoms with Crippen LogP contribution in [0.25, 0.3) is 66.1 Å². The average molecular weight is 680 g/mol. The zero-order valence-corrected chi connectivity index (χ0v) is 28.8. The summed E-state index contributed by atoms with van der Waals surface area (Å²) in [6.07, 6.45) is -0.280. The molecule has 9 aromatic rings. The molecule has 0 radical (unpaired) electrons. The highest BCUT2D eigenvalue weighted by Gasteiger charge is 2.21. The van der Waals surface area contributed by atoms with Crippen LogP contribution in [0.5, 0.6) is 0 Å². The van der Waals surface area contributed by atoms with E-state index in [1.54, 1.807) is 0 Å². The Morgan fingerprint density at radius 3 is 1.74 bits per heavy atom. The molecule has 1 aliphatic heterocycles. The molecule has 10 rings (SSSR count). The quantitative estimate of drug-likeness (QED) is 0.190. The van der Waals surface area contributed by atoms with Crippen molar-refractivity contribution in [3.8, 4) is 33.4 Å². The lowest BCUT2D eigenvalue weighted by molar-refractivity contribution is 0.669. The van der Waals surface area contributed by atoms with Crippen molar-refractivity contribution in [2.24, 2.45) is 9.98 Å². The number of fused-ring (bicyclic) bond motifs is 4. The van der Waals surface area contributed by atoms with Crippen LogP contribution in [0, 0.1) is 0 Å². The average Bonchev–Trinajstić information content (AvgIpc) is 3.63. The number of hydrogen-bond donors (Lipinski definition) is 1. The molecule has 2 heterocycles. The Morgan fingerprint density at radius 2 is 1.00 bits per heavy atom. The van der Waals surface area contributed by atoms with Crippen molar-refractivity contribution in [1.29, 1.82) is 0 Å². The summed E-state index contributed by atoms with van der Waals surface area (Å²) in [6, 6.07) is 65.9. The van der Waals surface area contributed by atoms with E-state index in [0.29, 0.717) is 5.84 Å². The number of rotatable bonds is 6. The minimum atomic E-state index is -0.280. The fourth-order valence-electron chi connectivity index (χ4n) is 7.41. The molecular formula is C49H33N3O. The molecule has 0 fully saturated rings. The zero-order valence-electron chi connectivity index (χ0n) is 28.8. The predicted molar refractivity (Wildman–Crippen MR) is 219 cm³/mol. The molecule has 1 aromatic heterocycles. The lowest BCUT2D eigenvalue weighted by Gasteiger charge is -2.24. The minimum Gasteiger partial charge on any atom is -0.456 e. The summed E-state index contributed by atoms with van der Waals surface area (Å²) < 4.78 is 6.21. The first-order chi connectivity index (χ1) is 26.2. The number of hydrogen-bond acceptors (Lipinski definition) is 4. The fourth-order valence-corrected chi connectivity index (χ4v) is 7.41. The van der Waals surface area contributed by atoms with E-state index in [1.807, 2.05) is 30.3 Å². The van der Waals surface area contributed by atoms with Gasteiger partial charge in [-0.2, -0.15) is 0 Å². The molecule has 0 spiro atoms. The molecule has 0 amide bonds. The molecule has 0 bridgehead atoms. The fraction of sp³-hybridized carbons (Fsp3) is 0.0204. The largest absolute Gasteiger partial charge is 0.456 e. The van der Waals surface area contributed by atoms with E-state index in [4.69, 9.17) is 14.4 Å². The zero-order chi connectivity index (χ0) is 35.1. The Bertz CT molecular complexity index is 2830. The number of aliphatic imine (C=N–C) groups is 2. The third kappa shape index (κ3) is 5.77. The monoisotopic (exact) mass is 679 g/mol. The number of nitrogens with one attached hydrogen (secondary N) is 1. The third-order valence-corrected chi connectivity index (χ3v) is 10.2. The maximum absolute atomic E-state index is 6.21. The van der Waals surface area contributed by atoms with Crippen LogP contribution in [0.1, 0.15) is 22.9 Å². The van der Waals surface area contributed by atoms with Crippen molar-refractivity contribution in [1.82, 2.24) is 5.32 Å². The summed E-state index contributed by atoms with van der Waals surface area (Å²) in [6.45, 7) is 0. The number of benzene rings is 8. The molecule has 0 saturated heterocycles. The van der Waals surface area contributed by atoms with Crippen LogP contribution in [-0.4, -0.2) is 11.7 Å². The van der Waals surface area contributed by atoms with E-state index >= 15 is 0 Å². The second kappa shape index (κ2) is 12.9. The molecule has 0 aliphatic carbocycles. The van der Waals surface area contributed by atoms with Gasteiger partial charge in [0, 0.05) is 21.9 Å². The minimum absolute atomic E-state index is 0.280. The topological polar surface area (TPSA) is 49.9 Å². The summed E-state index contributed by atoms with van der Waals surface area (Å²) in [4.78, 5) is 10.3. The highest BCUT2D eigenvalue weighted by Crippen LogP contribution is 2.37. The van der Waals surface area contributed by atoms with E-state index in [0.717, 1.165) is 71.9 Å². The van der Waals surface area contributed by atoms with Crippen molar-refractivity contribution in [2.45, 2.75) is 6.17 Å². The Balaban J connectivity index is 1.01. The van der Waals surface area contributed by atoms with Gasteiger partial charge < -0.3 is 9.73 Å². The van der Waals surface area contributed by atoms with Crippen molar-refractivity contribution in [3.05, 3.63) is 205 Å². The second-order valence-corrected chi connectivity index (χ2v) is 13.4. The maximum atomic E-state index is 6.21. The summed E-state index contributed by atoms with van der Waals surface area (Å²) >= 11 is 0. The summed E-state index contributed by atoms with van der Waals surface area (Å²) in [7, 11) is 0. The number of para-hydroxylation sites is 1. The van der Waals surface area contributed by atoms with Crippen molar-refractivity contribution in [3.63, 3.8) is 0 Å². The maximum Gasteiger partial charge on any atom is 0.159 e. The molecule has 1 atom stereocenters. The summed E-state index contributed by atoms with van der Waals surface area (Å²) in [5.41, 5.74) is 11.9. The van der Waals surface area contributed by atoms with Crippen molar-refractivity contribution >= 4 is 44.4 Å². The van der Waals surface area contributed by atoms with E-state index < -0.39 is 0 Å². The number of furan rings is 1. The van der Waals surface area contributed by atoms with E-state index in [-0.39, 0.29) is 6.17 Å². The molecule has 0 saturated carbocycles. The van der Waals surface area contributed by atoms with E-state index in [2.05, 4.69) is 163 Å². The van der Waals surface area contributed by atoms with Crippen LogP contribution >= 0.6 is 0 Å². The first-order valence-electron chi connectivity index (χ1n) is 17.9. The highest BCUT2D eigenvalue weighted by atomic mass is 16.3. The third-order valence-electron chi connectivity index (χ3n) is 10.2. The Kier molecular flexibility index (Phi) is 7.51. The van der Waals surface area contributed by atoms with Crippen LogP contribution in [0.2, 0.25) is 0 Å². The normalized spacial score (nSPS) is 14.2. The molecular weight excluding hydrogens is 647 g/mol. The molecule has 53 heavy (non-hydrogen) atoms. The smallest absolute Gasteiger partial charge is 0.159 e. The Morgan fingerprint density at radius 1 is 0.434 bits per heavy atom. The van der Waals surface area contributed by atoms with Gasteiger partial charge in [-0.1, -0.05) is 164 Å². The summed E-state index contributed by atoms with van der Waals surface area (Å²) in [5.74, 6) is 1.49. The lowest BCUT2D eigenvalue weighted by Crippen LogP contribution is -2.33. The number of amidine groups is 2. The van der Waals surface area contributed by atoms with Gasteiger partial charge in [-0.15, -0.1) is 0 Å². The summed E-state index contributed by atoms with van der Waals surface area (Å²) in [5, 5.41) is 8.17. The van der Waals surface area contributed by atoms with Gasteiger partial charge in [0.15, 0.2) is 5.84 Å². The predicted octanol–water partition coefficient (Wildman–Crippen LogP) is 12.2. The second-order valence-electron chi connectivity index (χ2n) is 13.4. The highest BCUT2D eigenvalue weighted by molar-refractivity contribution is 6.15. The van der Waals surface area contributed by atoms with Gasteiger partial charge in [-0.25, -0.2) is 9.98 Å². The van der Waals surface area contributed by atoms with Gasteiger partial charge in [0.1, 0.15) is 23.2 Å². The van der Waals surface area contributed by atoms with Crippen molar-refractivity contribution in [2.75, 3.05) is 0 Å². The van der Waals surface area contributed by atoms with Crippen LogP contribution in [0.3, 0.4) is 0 Å². The van der Waals surface area contributed by atoms with Gasteiger partial charge in [-0.3, -0.25) is 0 Å². The first kappa shape index (κ1) is 30.8. The molecule has 8 aromatic carbocycles. The molecule has 1 N–H and O–H groups in total. The molecule has 4 nitrogen and oxygen atoms in total. The Hall–Kier alpha value is -7.04.